The first-order chi connectivity index (χ1) is 19.5. The van der Waals surface area contributed by atoms with Gasteiger partial charge in [0.25, 0.3) is 11.7 Å². The van der Waals surface area contributed by atoms with E-state index in [1.165, 1.54) is 11.2 Å². The van der Waals surface area contributed by atoms with Crippen molar-refractivity contribution >= 4 is 17.4 Å². The van der Waals surface area contributed by atoms with Crippen LogP contribution >= 0.6 is 0 Å². The van der Waals surface area contributed by atoms with Crippen molar-refractivity contribution in [2.75, 3.05) is 6.61 Å². The first-order valence-corrected chi connectivity index (χ1v) is 12.9. The number of rotatable bonds is 10. The average molecular weight is 536 g/mol. The molecule has 1 amide bonds. The van der Waals surface area contributed by atoms with E-state index < -0.39 is 17.7 Å². The quantitative estimate of drug-likeness (QED) is 0.110. The largest absolute Gasteiger partial charge is 0.507 e. The number of hydrogen-bond acceptors (Lipinski definition) is 6. The van der Waals surface area contributed by atoms with E-state index in [0.717, 1.165) is 11.1 Å². The van der Waals surface area contributed by atoms with Crippen LogP contribution in [0.3, 0.4) is 0 Å². The number of nitrogens with zero attached hydrogens (tertiary/aromatic N) is 1. The van der Waals surface area contributed by atoms with Crippen molar-refractivity contribution < 1.29 is 28.6 Å². The number of Topliss-reactive ketones (excluding diaryl/α,β-unsaturated/α-hetero) is 1. The van der Waals surface area contributed by atoms with Crippen LogP contribution in [0, 0.1) is 6.92 Å². The Bertz CT molecular complexity index is 1530. The van der Waals surface area contributed by atoms with Gasteiger partial charge in [0.1, 0.15) is 36.2 Å². The molecule has 1 aliphatic heterocycles. The van der Waals surface area contributed by atoms with Crippen LogP contribution in [-0.4, -0.2) is 28.3 Å². The number of aryl methyl sites for hydroxylation is 1. The summed E-state index contributed by atoms with van der Waals surface area (Å²) in [7, 11) is 0. The number of aliphatic hydroxyl groups is 1. The Labute approximate surface area is 232 Å². The van der Waals surface area contributed by atoms with Gasteiger partial charge in [0.2, 0.25) is 0 Å². The molecule has 1 N–H and O–H groups in total. The molecule has 1 fully saturated rings. The second-order valence-electron chi connectivity index (χ2n) is 9.41. The number of carbonyl (C=O) groups is 2. The molecule has 1 aromatic heterocycles. The van der Waals surface area contributed by atoms with E-state index in [2.05, 4.69) is 6.58 Å². The summed E-state index contributed by atoms with van der Waals surface area (Å²) >= 11 is 0. The summed E-state index contributed by atoms with van der Waals surface area (Å²) in [6.45, 7) is 6.50. The Hall–Kier alpha value is -5.04. The molecule has 7 heteroatoms. The first kappa shape index (κ1) is 26.6. The molecule has 0 saturated carbocycles. The van der Waals surface area contributed by atoms with Crippen molar-refractivity contribution in [1.29, 1.82) is 0 Å². The maximum atomic E-state index is 13.3. The van der Waals surface area contributed by atoms with Gasteiger partial charge in [-0.15, -0.1) is 0 Å². The molecule has 0 radical (unpaired) electrons. The molecular weight excluding hydrogens is 506 g/mol. The molecule has 7 nitrogen and oxygen atoms in total. The molecule has 0 aliphatic carbocycles. The second-order valence-corrected chi connectivity index (χ2v) is 9.41. The van der Waals surface area contributed by atoms with Crippen LogP contribution in [0.4, 0.5) is 0 Å². The third kappa shape index (κ3) is 5.54. The van der Waals surface area contributed by atoms with E-state index in [1.807, 2.05) is 31.2 Å². The van der Waals surface area contributed by atoms with Gasteiger partial charge in [-0.3, -0.25) is 9.59 Å². The van der Waals surface area contributed by atoms with Crippen molar-refractivity contribution in [1.82, 2.24) is 4.90 Å². The third-order valence-corrected chi connectivity index (χ3v) is 6.79. The van der Waals surface area contributed by atoms with Crippen LogP contribution in [-0.2, 0) is 22.7 Å². The van der Waals surface area contributed by atoms with Gasteiger partial charge in [-0.1, -0.05) is 49.1 Å². The molecule has 1 saturated heterocycles. The second kappa shape index (κ2) is 11.8. The summed E-state index contributed by atoms with van der Waals surface area (Å²) in [6.07, 6.45) is 3.15. The van der Waals surface area contributed by atoms with E-state index in [9.17, 15) is 14.7 Å². The van der Waals surface area contributed by atoms with Crippen molar-refractivity contribution in [3.8, 4) is 11.5 Å². The monoisotopic (exact) mass is 535 g/mol. The zero-order valence-corrected chi connectivity index (χ0v) is 22.1. The highest BCUT2D eigenvalue weighted by atomic mass is 16.5. The Morgan fingerprint density at radius 2 is 1.65 bits per heavy atom. The number of carbonyl (C=O) groups excluding carboxylic acids is 2. The minimum atomic E-state index is -0.824. The Balaban J connectivity index is 1.46. The normalized spacial score (nSPS) is 16.2. The van der Waals surface area contributed by atoms with E-state index in [1.54, 1.807) is 66.7 Å². The fourth-order valence-electron chi connectivity index (χ4n) is 4.66. The van der Waals surface area contributed by atoms with Crippen LogP contribution in [0.15, 0.2) is 114 Å². The highest BCUT2D eigenvalue weighted by Crippen LogP contribution is 2.41. The van der Waals surface area contributed by atoms with Gasteiger partial charge in [-0.05, 0) is 72.1 Å². The molecule has 0 spiro atoms. The summed E-state index contributed by atoms with van der Waals surface area (Å²) < 4.78 is 17.0. The molecule has 5 rings (SSSR count). The fourth-order valence-corrected chi connectivity index (χ4v) is 4.66. The van der Waals surface area contributed by atoms with Crippen LogP contribution in [0.2, 0.25) is 0 Å². The van der Waals surface area contributed by atoms with E-state index in [-0.39, 0.29) is 17.9 Å². The highest BCUT2D eigenvalue weighted by Gasteiger charge is 2.46. The Morgan fingerprint density at radius 3 is 2.33 bits per heavy atom. The van der Waals surface area contributed by atoms with Crippen LogP contribution < -0.4 is 9.47 Å². The summed E-state index contributed by atoms with van der Waals surface area (Å²) in [5.74, 6) is 0.0161. The molecular formula is C33H29NO6. The number of amides is 1. The lowest BCUT2D eigenvalue weighted by atomic mass is 9.95. The summed E-state index contributed by atoms with van der Waals surface area (Å²) in [5.41, 5.74) is 3.26. The molecule has 4 aromatic rings. The lowest BCUT2D eigenvalue weighted by Gasteiger charge is -2.24. The molecule has 202 valence electrons. The van der Waals surface area contributed by atoms with Gasteiger partial charge in [-0.25, -0.2) is 0 Å². The lowest BCUT2D eigenvalue weighted by Crippen LogP contribution is -2.29. The van der Waals surface area contributed by atoms with E-state index in [4.69, 9.17) is 13.9 Å². The molecule has 3 aromatic carbocycles. The number of furan rings is 1. The summed E-state index contributed by atoms with van der Waals surface area (Å²) in [4.78, 5) is 27.9. The van der Waals surface area contributed by atoms with E-state index in [0.29, 0.717) is 41.6 Å². The van der Waals surface area contributed by atoms with Crippen molar-refractivity contribution in [2.24, 2.45) is 0 Å². The van der Waals surface area contributed by atoms with Crippen LogP contribution in [0.5, 0.6) is 11.5 Å². The van der Waals surface area contributed by atoms with Gasteiger partial charge in [0, 0.05) is 5.56 Å². The predicted octanol–water partition coefficient (Wildman–Crippen LogP) is 6.35. The molecule has 2 heterocycles. The average Bonchev–Trinajstić information content (AvgIpc) is 3.58. The number of aliphatic hydroxyl groups excluding tert-OH is 1. The minimum absolute atomic E-state index is 0.00453. The third-order valence-electron chi connectivity index (χ3n) is 6.79. The fraction of sp³-hybridized carbons (Fsp3) is 0.152. The SMILES string of the molecule is C=CCOc1ccc(C2C(=C(O)c3ccc(OCc4ccccc4C)cc3)C(=O)C(=O)N2Cc2ccco2)cc1. The number of ketones is 1. The van der Waals surface area contributed by atoms with Gasteiger partial charge in [0.05, 0.1) is 24.4 Å². The van der Waals surface area contributed by atoms with Gasteiger partial charge < -0.3 is 23.9 Å². The molecule has 40 heavy (non-hydrogen) atoms. The number of hydrogen-bond donors (Lipinski definition) is 1. The predicted molar refractivity (Wildman–Crippen MR) is 151 cm³/mol. The lowest BCUT2D eigenvalue weighted by molar-refractivity contribution is -0.140. The molecule has 0 bridgehead atoms. The van der Waals surface area contributed by atoms with Crippen molar-refractivity contribution in [3.63, 3.8) is 0 Å². The maximum Gasteiger partial charge on any atom is 0.296 e. The zero-order chi connectivity index (χ0) is 28.1. The van der Waals surface area contributed by atoms with Gasteiger partial charge in [-0.2, -0.15) is 0 Å². The van der Waals surface area contributed by atoms with Crippen molar-refractivity contribution in [2.45, 2.75) is 26.1 Å². The van der Waals surface area contributed by atoms with Gasteiger partial charge in [0.15, 0.2) is 0 Å². The van der Waals surface area contributed by atoms with Crippen LogP contribution in [0.1, 0.15) is 34.1 Å². The Morgan fingerprint density at radius 1 is 0.950 bits per heavy atom. The topological polar surface area (TPSA) is 89.2 Å². The molecule has 1 aliphatic rings. The van der Waals surface area contributed by atoms with Crippen LogP contribution in [0.25, 0.3) is 5.76 Å². The standard InChI is InChI=1S/C33H29NO6/c1-3-18-38-26-14-10-23(11-15-26)30-29(32(36)33(37)34(30)20-28-9-6-19-39-28)31(35)24-12-16-27(17-13-24)40-21-25-8-5-4-7-22(25)2/h3-17,19,30,35H,1,18,20-21H2,2H3. The number of likely N-dealkylation sites (tertiary alicyclic amines) is 1. The van der Waals surface area contributed by atoms with E-state index >= 15 is 0 Å². The molecule has 1 atom stereocenters. The smallest absolute Gasteiger partial charge is 0.296 e. The molecule has 1 unspecified atom stereocenters. The number of benzene rings is 3. The number of ether oxygens (including phenoxy) is 2. The minimum Gasteiger partial charge on any atom is -0.507 e. The van der Waals surface area contributed by atoms with Crippen molar-refractivity contribution in [3.05, 3.63) is 137 Å². The first-order valence-electron chi connectivity index (χ1n) is 12.9. The zero-order valence-electron chi connectivity index (χ0n) is 22.1. The summed E-state index contributed by atoms with van der Waals surface area (Å²) in [5, 5.41) is 11.4. The maximum absolute atomic E-state index is 13.3. The highest BCUT2D eigenvalue weighted by molar-refractivity contribution is 6.46. The van der Waals surface area contributed by atoms with Gasteiger partial charge >= 0.3 is 0 Å². The summed E-state index contributed by atoms with van der Waals surface area (Å²) in [6, 6.07) is 24.5. The Kier molecular flexibility index (Phi) is 7.82.